The van der Waals surface area contributed by atoms with Gasteiger partial charge in [-0.25, -0.2) is 9.67 Å². The fourth-order valence-electron chi connectivity index (χ4n) is 4.41. The smallest absolute Gasteiger partial charge is 0.311 e. The van der Waals surface area contributed by atoms with E-state index in [1.807, 2.05) is 17.1 Å². The van der Waals surface area contributed by atoms with Crippen molar-refractivity contribution in [2.45, 2.75) is 57.1 Å². The molecule has 0 unspecified atom stereocenters. The van der Waals surface area contributed by atoms with Crippen molar-refractivity contribution in [2.75, 3.05) is 13.7 Å². The first-order chi connectivity index (χ1) is 12.3. The molecule has 0 atom stereocenters. The van der Waals surface area contributed by atoms with Gasteiger partial charge in [0.15, 0.2) is 5.65 Å². The van der Waals surface area contributed by atoms with Crippen molar-refractivity contribution < 1.29 is 14.3 Å². The second-order valence-electron chi connectivity index (χ2n) is 9.21. The molecule has 5 rings (SSSR count). The van der Waals surface area contributed by atoms with Gasteiger partial charge in [0.05, 0.1) is 18.7 Å². The van der Waals surface area contributed by atoms with Crippen molar-refractivity contribution in [3.05, 3.63) is 24.0 Å². The minimum absolute atomic E-state index is 0.0586. The van der Waals surface area contributed by atoms with Gasteiger partial charge in [-0.15, -0.1) is 0 Å². The molecule has 2 aromatic rings. The molecule has 140 valence electrons. The molecule has 0 aliphatic heterocycles. The average molecular weight is 374 g/mol. The summed E-state index contributed by atoms with van der Waals surface area (Å²) < 4.78 is 12.6. The molecular formula is C19H27N3O3Si. The van der Waals surface area contributed by atoms with Crippen LogP contribution in [0.1, 0.15) is 24.8 Å². The first-order valence-electron chi connectivity index (χ1n) is 9.25. The van der Waals surface area contributed by atoms with E-state index in [-0.39, 0.29) is 16.8 Å². The lowest BCUT2D eigenvalue weighted by molar-refractivity contribution is -0.198. The van der Waals surface area contributed by atoms with E-state index in [0.717, 1.165) is 42.9 Å². The van der Waals surface area contributed by atoms with E-state index in [1.165, 1.54) is 12.7 Å². The maximum atomic E-state index is 11.9. The van der Waals surface area contributed by atoms with Gasteiger partial charge in [0.25, 0.3) is 0 Å². The van der Waals surface area contributed by atoms with Crippen LogP contribution in [0, 0.1) is 5.41 Å². The second-order valence-corrected chi connectivity index (χ2v) is 14.8. The third-order valence-electron chi connectivity index (χ3n) is 5.95. The number of hydrogen-bond acceptors (Lipinski definition) is 5. The Balaban J connectivity index is 1.42. The lowest BCUT2D eigenvalue weighted by atomic mass is 9.33. The number of hydrogen-bond donors (Lipinski definition) is 0. The van der Waals surface area contributed by atoms with Crippen LogP contribution in [0.15, 0.2) is 18.5 Å². The minimum Gasteiger partial charge on any atom is -0.469 e. The topological polar surface area (TPSA) is 66.2 Å². The Morgan fingerprint density at radius 1 is 1.27 bits per heavy atom. The molecule has 2 bridgehead atoms. The van der Waals surface area contributed by atoms with Crippen molar-refractivity contribution in [1.29, 1.82) is 0 Å². The van der Waals surface area contributed by atoms with Gasteiger partial charge in [0.1, 0.15) is 6.73 Å². The molecule has 0 N–H and O–H groups in total. The monoisotopic (exact) mass is 373 g/mol. The standard InChI is InChI=1S/C19H27N3O3Si/c1-24-17(23)19-10-18(11-19,12-19)15-7-14-8-21-22(16(14)20-9-15)13-25-5-6-26(2,3)4/h7-9H,5-6,10-13H2,1-4H3. The third-order valence-corrected chi connectivity index (χ3v) is 7.65. The van der Waals surface area contributed by atoms with Crippen molar-refractivity contribution in [1.82, 2.24) is 14.8 Å². The van der Waals surface area contributed by atoms with E-state index in [1.54, 1.807) is 0 Å². The molecule has 2 aromatic heterocycles. The molecule has 7 heteroatoms. The zero-order chi connectivity index (χ0) is 18.6. The van der Waals surface area contributed by atoms with E-state index in [2.05, 4.69) is 35.8 Å². The van der Waals surface area contributed by atoms with Crippen LogP contribution in [-0.2, 0) is 26.4 Å². The molecule has 0 spiro atoms. The van der Waals surface area contributed by atoms with Crippen LogP contribution in [0.3, 0.4) is 0 Å². The van der Waals surface area contributed by atoms with Crippen LogP contribution in [0.4, 0.5) is 0 Å². The Morgan fingerprint density at radius 3 is 2.65 bits per heavy atom. The summed E-state index contributed by atoms with van der Waals surface area (Å²) in [5, 5.41) is 5.47. The number of aromatic nitrogens is 3. The molecule has 0 saturated heterocycles. The summed E-state index contributed by atoms with van der Waals surface area (Å²) in [5.41, 5.74) is 1.97. The van der Waals surface area contributed by atoms with Crippen molar-refractivity contribution >= 4 is 25.1 Å². The minimum atomic E-state index is -1.08. The average Bonchev–Trinajstić information content (AvgIpc) is 2.90. The normalized spacial score (nSPS) is 27.1. The highest BCUT2D eigenvalue weighted by atomic mass is 28.3. The second kappa shape index (κ2) is 5.89. The van der Waals surface area contributed by atoms with E-state index in [9.17, 15) is 4.79 Å². The van der Waals surface area contributed by atoms with Crippen LogP contribution < -0.4 is 0 Å². The van der Waals surface area contributed by atoms with Gasteiger partial charge >= 0.3 is 5.97 Å². The van der Waals surface area contributed by atoms with Gasteiger partial charge in [-0.3, -0.25) is 4.79 Å². The Bertz CT molecular complexity index is 836. The van der Waals surface area contributed by atoms with Crippen molar-refractivity contribution in [3.63, 3.8) is 0 Å². The van der Waals surface area contributed by atoms with Crippen LogP contribution in [0.5, 0.6) is 0 Å². The SMILES string of the molecule is COC(=O)C12CC(c3cnc4c(cnn4COCC[Si](C)(C)C)c3)(C1)C2. The first-order valence-corrected chi connectivity index (χ1v) is 13.0. The number of fused-ring (bicyclic) bond motifs is 1. The number of carbonyl (C=O) groups excluding carboxylic acids is 1. The number of pyridine rings is 1. The fraction of sp³-hybridized carbons (Fsp3) is 0.632. The number of rotatable bonds is 7. The Hall–Kier alpha value is -1.73. The highest BCUT2D eigenvalue weighted by Crippen LogP contribution is 2.73. The van der Waals surface area contributed by atoms with Crippen LogP contribution >= 0.6 is 0 Å². The zero-order valence-electron chi connectivity index (χ0n) is 16.0. The van der Waals surface area contributed by atoms with Crippen molar-refractivity contribution in [2.24, 2.45) is 5.41 Å². The predicted molar refractivity (Wildman–Crippen MR) is 102 cm³/mol. The van der Waals surface area contributed by atoms with Gasteiger partial charge in [-0.05, 0) is 36.9 Å². The number of methoxy groups -OCH3 is 1. The molecule has 3 aliphatic rings. The van der Waals surface area contributed by atoms with Gasteiger partial charge < -0.3 is 9.47 Å². The van der Waals surface area contributed by atoms with Crippen molar-refractivity contribution in [3.8, 4) is 0 Å². The summed E-state index contributed by atoms with van der Waals surface area (Å²) in [7, 11) is 0.400. The summed E-state index contributed by atoms with van der Waals surface area (Å²) in [5.74, 6) is -0.0586. The van der Waals surface area contributed by atoms with E-state index in [0.29, 0.717) is 6.73 Å². The van der Waals surface area contributed by atoms with Crippen LogP contribution in [0.2, 0.25) is 25.7 Å². The van der Waals surface area contributed by atoms with Gasteiger partial charge in [0, 0.05) is 31.7 Å². The molecule has 0 amide bonds. The number of ether oxygens (including phenoxy) is 2. The van der Waals surface area contributed by atoms with E-state index < -0.39 is 8.07 Å². The molecule has 0 aromatic carbocycles. The highest BCUT2D eigenvalue weighted by molar-refractivity contribution is 6.76. The highest BCUT2D eigenvalue weighted by Gasteiger charge is 2.72. The maximum Gasteiger partial charge on any atom is 0.311 e. The first kappa shape index (κ1) is 17.7. The summed E-state index contributed by atoms with van der Waals surface area (Å²) in [4.78, 5) is 16.5. The van der Waals surface area contributed by atoms with Gasteiger partial charge in [-0.2, -0.15) is 5.10 Å². The lowest BCUT2D eigenvalue weighted by Crippen LogP contribution is -2.68. The quantitative estimate of drug-likeness (QED) is 0.423. The lowest BCUT2D eigenvalue weighted by Gasteiger charge is -2.68. The summed E-state index contributed by atoms with van der Waals surface area (Å²) in [6.45, 7) is 8.25. The summed E-state index contributed by atoms with van der Waals surface area (Å²) in [6, 6.07) is 3.32. The number of esters is 1. The van der Waals surface area contributed by atoms with Gasteiger partial charge in [-0.1, -0.05) is 19.6 Å². The molecule has 2 heterocycles. The third kappa shape index (κ3) is 2.77. The Morgan fingerprint density at radius 2 is 2.00 bits per heavy atom. The maximum absolute atomic E-state index is 11.9. The number of carbonyl (C=O) groups is 1. The summed E-state index contributed by atoms with van der Waals surface area (Å²) in [6.07, 6.45) is 6.45. The largest absolute Gasteiger partial charge is 0.469 e. The molecule has 3 aliphatic carbocycles. The fourth-order valence-corrected chi connectivity index (χ4v) is 5.17. The molecule has 3 fully saturated rings. The molecule has 0 radical (unpaired) electrons. The zero-order valence-corrected chi connectivity index (χ0v) is 17.0. The van der Waals surface area contributed by atoms with Crippen LogP contribution in [-0.4, -0.2) is 42.5 Å². The van der Waals surface area contributed by atoms with Gasteiger partial charge in [0.2, 0.25) is 0 Å². The molecule has 6 nitrogen and oxygen atoms in total. The molecule has 26 heavy (non-hydrogen) atoms. The molecule has 3 saturated carbocycles. The van der Waals surface area contributed by atoms with E-state index in [4.69, 9.17) is 9.47 Å². The van der Waals surface area contributed by atoms with E-state index >= 15 is 0 Å². The molecular weight excluding hydrogens is 346 g/mol. The Kier molecular flexibility index (Phi) is 4.00. The Labute approximate surface area is 154 Å². The predicted octanol–water partition coefficient (Wildman–Crippen LogP) is 3.34. The summed E-state index contributed by atoms with van der Waals surface area (Å²) >= 11 is 0. The van der Waals surface area contributed by atoms with Crippen LogP contribution in [0.25, 0.3) is 11.0 Å². The number of nitrogens with zero attached hydrogens (tertiary/aromatic N) is 3.